The van der Waals surface area contributed by atoms with Crippen LogP contribution in [0.25, 0.3) is 11.4 Å². The number of methoxy groups -OCH3 is 1. The lowest BCUT2D eigenvalue weighted by Gasteiger charge is -2.20. The van der Waals surface area contributed by atoms with Gasteiger partial charge in [0.25, 0.3) is 5.91 Å². The molecule has 2 aromatic carbocycles. The first-order valence-corrected chi connectivity index (χ1v) is 9.87. The number of nitrogens with zero attached hydrogens (tertiary/aromatic N) is 2. The van der Waals surface area contributed by atoms with E-state index in [1.807, 2.05) is 48.5 Å². The largest absolute Gasteiger partial charge is 0.497 e. The lowest BCUT2D eigenvalue weighted by molar-refractivity contribution is -0.127. The van der Waals surface area contributed by atoms with Crippen molar-refractivity contribution in [2.24, 2.45) is 0 Å². The molecule has 1 atom stereocenters. The summed E-state index contributed by atoms with van der Waals surface area (Å²) in [6, 6.07) is 15.3. The van der Waals surface area contributed by atoms with E-state index < -0.39 is 6.10 Å². The van der Waals surface area contributed by atoms with Crippen LogP contribution in [0, 0.1) is 0 Å². The van der Waals surface area contributed by atoms with Crippen LogP contribution in [0.15, 0.2) is 48.5 Å². The average Bonchev–Trinajstić information content (AvgIpc) is 3.21. The molecule has 0 saturated heterocycles. The minimum absolute atomic E-state index is 0.0727. The zero-order valence-corrected chi connectivity index (χ0v) is 18.0. The van der Waals surface area contributed by atoms with Crippen LogP contribution < -0.4 is 14.8 Å². The van der Waals surface area contributed by atoms with E-state index in [0.29, 0.717) is 17.4 Å². The summed E-state index contributed by atoms with van der Waals surface area (Å²) in [7, 11) is 1.62. The first-order chi connectivity index (χ1) is 14.3. The lowest BCUT2D eigenvalue weighted by Crippen LogP contribution is -2.36. The summed E-state index contributed by atoms with van der Waals surface area (Å²) >= 11 is 0. The van der Waals surface area contributed by atoms with E-state index in [-0.39, 0.29) is 17.9 Å². The molecule has 158 valence electrons. The quantitative estimate of drug-likeness (QED) is 0.620. The van der Waals surface area contributed by atoms with Gasteiger partial charge in [0.05, 0.1) is 13.7 Å². The van der Waals surface area contributed by atoms with E-state index in [9.17, 15) is 4.79 Å². The normalized spacial score (nSPS) is 12.3. The predicted molar refractivity (Wildman–Crippen MR) is 115 cm³/mol. The highest BCUT2D eigenvalue weighted by atomic mass is 16.5. The van der Waals surface area contributed by atoms with Gasteiger partial charge in [-0.15, -0.1) is 0 Å². The van der Waals surface area contributed by atoms with Gasteiger partial charge in [-0.3, -0.25) is 9.89 Å². The molecule has 3 rings (SSSR count). The Bertz CT molecular complexity index is 973. The van der Waals surface area contributed by atoms with Crippen LogP contribution in [0.2, 0.25) is 0 Å². The third kappa shape index (κ3) is 5.37. The number of hydrogen-bond donors (Lipinski definition) is 2. The van der Waals surface area contributed by atoms with Crippen molar-refractivity contribution in [1.82, 2.24) is 20.5 Å². The number of nitrogens with one attached hydrogen (secondary N) is 2. The van der Waals surface area contributed by atoms with Crippen LogP contribution in [-0.2, 0) is 16.8 Å². The number of benzene rings is 2. The van der Waals surface area contributed by atoms with E-state index in [1.54, 1.807) is 14.0 Å². The van der Waals surface area contributed by atoms with Gasteiger partial charge in [-0.05, 0) is 54.3 Å². The first-order valence-electron chi connectivity index (χ1n) is 9.87. The van der Waals surface area contributed by atoms with Crippen molar-refractivity contribution < 1.29 is 14.3 Å². The second kappa shape index (κ2) is 8.98. The van der Waals surface area contributed by atoms with E-state index in [1.165, 1.54) is 5.56 Å². The molecule has 1 heterocycles. The Morgan fingerprint density at radius 1 is 1.07 bits per heavy atom. The molecule has 1 unspecified atom stereocenters. The van der Waals surface area contributed by atoms with Gasteiger partial charge in [-0.1, -0.05) is 32.9 Å². The van der Waals surface area contributed by atoms with Crippen molar-refractivity contribution in [3.05, 3.63) is 59.9 Å². The summed E-state index contributed by atoms with van der Waals surface area (Å²) in [6.45, 7) is 8.42. The Morgan fingerprint density at radius 3 is 2.30 bits per heavy atom. The van der Waals surface area contributed by atoms with Gasteiger partial charge in [0.15, 0.2) is 11.9 Å². The molecule has 30 heavy (non-hydrogen) atoms. The zero-order valence-electron chi connectivity index (χ0n) is 18.0. The van der Waals surface area contributed by atoms with Gasteiger partial charge in [0.2, 0.25) is 0 Å². The van der Waals surface area contributed by atoms with Gasteiger partial charge in [0.1, 0.15) is 17.3 Å². The van der Waals surface area contributed by atoms with Crippen LogP contribution in [0.5, 0.6) is 11.5 Å². The number of H-pyrrole nitrogens is 1. The van der Waals surface area contributed by atoms with E-state index in [0.717, 1.165) is 11.3 Å². The maximum atomic E-state index is 12.4. The summed E-state index contributed by atoms with van der Waals surface area (Å²) in [6.07, 6.45) is -0.630. The lowest BCUT2D eigenvalue weighted by atomic mass is 9.87. The van der Waals surface area contributed by atoms with Crippen molar-refractivity contribution in [2.75, 3.05) is 7.11 Å². The van der Waals surface area contributed by atoms with Crippen molar-refractivity contribution >= 4 is 5.91 Å². The summed E-state index contributed by atoms with van der Waals surface area (Å²) in [5.74, 6) is 2.33. The Kier molecular flexibility index (Phi) is 6.40. The van der Waals surface area contributed by atoms with E-state index in [2.05, 4.69) is 41.3 Å². The molecule has 0 aliphatic heterocycles. The third-order valence-corrected chi connectivity index (χ3v) is 4.71. The van der Waals surface area contributed by atoms with Gasteiger partial charge >= 0.3 is 0 Å². The number of amides is 1. The Hall–Kier alpha value is -3.35. The smallest absolute Gasteiger partial charge is 0.261 e. The van der Waals surface area contributed by atoms with Crippen molar-refractivity contribution in [2.45, 2.75) is 45.8 Å². The van der Waals surface area contributed by atoms with Gasteiger partial charge < -0.3 is 14.8 Å². The molecule has 0 saturated carbocycles. The van der Waals surface area contributed by atoms with Crippen LogP contribution in [0.4, 0.5) is 0 Å². The number of hydrogen-bond acceptors (Lipinski definition) is 5. The Labute approximate surface area is 176 Å². The molecule has 0 aliphatic carbocycles. The third-order valence-electron chi connectivity index (χ3n) is 4.71. The van der Waals surface area contributed by atoms with Crippen molar-refractivity contribution in [1.29, 1.82) is 0 Å². The van der Waals surface area contributed by atoms with Gasteiger partial charge in [-0.2, -0.15) is 5.10 Å². The number of carbonyl (C=O) groups excluding carboxylic acids is 1. The highest BCUT2D eigenvalue weighted by Crippen LogP contribution is 2.24. The predicted octanol–water partition coefficient (Wildman–Crippen LogP) is 3.86. The molecule has 7 nitrogen and oxygen atoms in total. The molecule has 0 aliphatic rings. The molecular formula is C23H28N4O3. The molecule has 0 spiro atoms. The number of aromatic nitrogens is 3. The SMILES string of the molecule is COc1ccc(-c2n[nH]c(CNC(=O)C(C)Oc3ccc(C(C)(C)C)cc3)n2)cc1. The Morgan fingerprint density at radius 2 is 1.70 bits per heavy atom. The van der Waals surface area contributed by atoms with Crippen LogP contribution >= 0.6 is 0 Å². The highest BCUT2D eigenvalue weighted by molar-refractivity contribution is 5.80. The fraction of sp³-hybridized carbons (Fsp3) is 0.348. The summed E-state index contributed by atoms with van der Waals surface area (Å²) in [5, 5.41) is 9.87. The number of rotatable bonds is 7. The fourth-order valence-electron chi connectivity index (χ4n) is 2.85. The highest BCUT2D eigenvalue weighted by Gasteiger charge is 2.17. The monoisotopic (exact) mass is 408 g/mol. The van der Waals surface area contributed by atoms with Crippen LogP contribution in [0.3, 0.4) is 0 Å². The van der Waals surface area contributed by atoms with Gasteiger partial charge in [-0.25, -0.2) is 4.98 Å². The maximum absolute atomic E-state index is 12.4. The molecule has 3 aromatic rings. The minimum atomic E-state index is -0.630. The standard InChI is InChI=1S/C23H28N4O3/c1-15(30-19-12-8-17(9-13-19)23(2,3)4)22(28)24-14-20-25-21(27-26-20)16-6-10-18(29-5)11-7-16/h6-13,15H,14H2,1-5H3,(H,24,28)(H,25,26,27). The van der Waals surface area contributed by atoms with E-state index >= 15 is 0 Å². The zero-order chi connectivity index (χ0) is 21.7. The first kappa shape index (κ1) is 21.4. The second-order valence-corrected chi connectivity index (χ2v) is 8.09. The van der Waals surface area contributed by atoms with Gasteiger partial charge in [0, 0.05) is 5.56 Å². The number of carbonyl (C=O) groups is 1. The summed E-state index contributed by atoms with van der Waals surface area (Å²) < 4.78 is 10.9. The Balaban J connectivity index is 1.53. The maximum Gasteiger partial charge on any atom is 0.261 e. The fourth-order valence-corrected chi connectivity index (χ4v) is 2.85. The second-order valence-electron chi connectivity index (χ2n) is 8.09. The average molecular weight is 409 g/mol. The molecule has 2 N–H and O–H groups in total. The molecule has 1 amide bonds. The van der Waals surface area contributed by atoms with Crippen LogP contribution in [-0.4, -0.2) is 34.3 Å². The summed E-state index contributed by atoms with van der Waals surface area (Å²) in [5.41, 5.74) is 2.15. The molecule has 7 heteroatoms. The summed E-state index contributed by atoms with van der Waals surface area (Å²) in [4.78, 5) is 16.8. The van der Waals surface area contributed by atoms with Crippen LogP contribution in [0.1, 0.15) is 39.1 Å². The van der Waals surface area contributed by atoms with Crippen molar-refractivity contribution in [3.63, 3.8) is 0 Å². The number of ether oxygens (including phenoxy) is 2. The van der Waals surface area contributed by atoms with E-state index in [4.69, 9.17) is 9.47 Å². The minimum Gasteiger partial charge on any atom is -0.497 e. The number of aromatic amines is 1. The molecule has 1 aromatic heterocycles. The molecule has 0 bridgehead atoms. The topological polar surface area (TPSA) is 89.1 Å². The molecule has 0 radical (unpaired) electrons. The molecule has 0 fully saturated rings. The van der Waals surface area contributed by atoms with Crippen molar-refractivity contribution in [3.8, 4) is 22.9 Å². The molecular weight excluding hydrogens is 380 g/mol.